The van der Waals surface area contributed by atoms with E-state index in [1.165, 1.54) is 32.4 Å². The first kappa shape index (κ1) is 9.89. The van der Waals surface area contributed by atoms with Gasteiger partial charge in [0.2, 0.25) is 0 Å². The number of carbonyl (C=O) groups excluding carboxylic acids is 1. The summed E-state index contributed by atoms with van der Waals surface area (Å²) in [7, 11) is 0. The Kier molecular flexibility index (Phi) is 3.34. The fourth-order valence-electron chi connectivity index (χ4n) is 1.91. The highest BCUT2D eigenvalue weighted by molar-refractivity contribution is 5.72. The molecular formula is C9H17N3O2. The van der Waals surface area contributed by atoms with Crippen LogP contribution in [-0.2, 0) is 9.63 Å². The van der Waals surface area contributed by atoms with Crippen molar-refractivity contribution in [2.24, 2.45) is 0 Å². The second kappa shape index (κ2) is 4.72. The van der Waals surface area contributed by atoms with Crippen LogP contribution in [0.2, 0.25) is 0 Å². The SMILES string of the molecule is O=C1CN(CCN2CCCCC2)NO1. The minimum absolute atomic E-state index is 0.191. The number of carbonyl (C=O) groups is 1. The Labute approximate surface area is 83.9 Å². The number of likely N-dealkylation sites (tertiary alicyclic amines) is 1. The quantitative estimate of drug-likeness (QED) is 0.679. The molecule has 0 saturated carbocycles. The molecule has 80 valence electrons. The highest BCUT2D eigenvalue weighted by Gasteiger charge is 2.21. The van der Waals surface area contributed by atoms with E-state index in [0.29, 0.717) is 6.54 Å². The third kappa shape index (κ3) is 2.67. The molecule has 1 N–H and O–H groups in total. The molecule has 0 unspecified atom stereocenters. The topological polar surface area (TPSA) is 44.8 Å². The zero-order valence-electron chi connectivity index (χ0n) is 8.37. The summed E-state index contributed by atoms with van der Waals surface area (Å²) in [5.41, 5.74) is 2.60. The second-order valence-electron chi connectivity index (χ2n) is 3.89. The summed E-state index contributed by atoms with van der Waals surface area (Å²) in [5, 5.41) is 1.82. The van der Waals surface area contributed by atoms with Gasteiger partial charge in [-0.1, -0.05) is 12.0 Å². The summed E-state index contributed by atoms with van der Waals surface area (Å²) < 4.78 is 0. The molecule has 5 nitrogen and oxygen atoms in total. The Morgan fingerprint density at radius 1 is 1.21 bits per heavy atom. The first-order valence-electron chi connectivity index (χ1n) is 5.27. The molecule has 0 aromatic rings. The lowest BCUT2D eigenvalue weighted by molar-refractivity contribution is -0.143. The summed E-state index contributed by atoms with van der Waals surface area (Å²) in [6, 6.07) is 0. The lowest BCUT2D eigenvalue weighted by Gasteiger charge is -2.27. The zero-order valence-corrected chi connectivity index (χ0v) is 8.37. The van der Waals surface area contributed by atoms with Crippen LogP contribution in [-0.4, -0.2) is 48.6 Å². The first-order valence-corrected chi connectivity index (χ1v) is 5.27. The fraction of sp³-hybridized carbons (Fsp3) is 0.889. The first-order chi connectivity index (χ1) is 6.84. The van der Waals surface area contributed by atoms with Gasteiger partial charge in [0.05, 0.1) is 0 Å². The van der Waals surface area contributed by atoms with E-state index in [2.05, 4.69) is 15.3 Å². The van der Waals surface area contributed by atoms with Gasteiger partial charge in [-0.15, -0.1) is 0 Å². The van der Waals surface area contributed by atoms with Crippen LogP contribution in [0.4, 0.5) is 0 Å². The number of rotatable bonds is 3. The lowest BCUT2D eigenvalue weighted by atomic mass is 10.1. The van der Waals surface area contributed by atoms with E-state index < -0.39 is 0 Å². The monoisotopic (exact) mass is 199 g/mol. The Morgan fingerprint density at radius 3 is 2.64 bits per heavy atom. The Hall–Kier alpha value is -0.650. The molecule has 0 aliphatic carbocycles. The van der Waals surface area contributed by atoms with Crippen LogP contribution in [0.25, 0.3) is 0 Å². The van der Waals surface area contributed by atoms with Crippen molar-refractivity contribution in [1.29, 1.82) is 0 Å². The van der Waals surface area contributed by atoms with Crippen molar-refractivity contribution in [2.45, 2.75) is 19.3 Å². The Balaban J connectivity index is 1.63. The molecule has 2 saturated heterocycles. The summed E-state index contributed by atoms with van der Waals surface area (Å²) in [6.45, 7) is 4.63. The van der Waals surface area contributed by atoms with Crippen LogP contribution in [0.5, 0.6) is 0 Å². The summed E-state index contributed by atoms with van der Waals surface area (Å²) in [6.07, 6.45) is 3.98. The van der Waals surface area contributed by atoms with Gasteiger partial charge in [0, 0.05) is 13.1 Å². The van der Waals surface area contributed by atoms with Crippen molar-refractivity contribution in [1.82, 2.24) is 15.5 Å². The summed E-state index contributed by atoms with van der Waals surface area (Å²) >= 11 is 0. The summed E-state index contributed by atoms with van der Waals surface area (Å²) in [4.78, 5) is 17.8. The Morgan fingerprint density at radius 2 is 2.00 bits per heavy atom. The largest absolute Gasteiger partial charge is 0.354 e. The molecule has 2 aliphatic heterocycles. The molecule has 0 aromatic carbocycles. The van der Waals surface area contributed by atoms with Gasteiger partial charge >= 0.3 is 5.97 Å². The van der Waals surface area contributed by atoms with Crippen molar-refractivity contribution >= 4 is 5.97 Å². The predicted molar refractivity (Wildman–Crippen MR) is 51.1 cm³/mol. The third-order valence-electron chi connectivity index (χ3n) is 2.74. The highest BCUT2D eigenvalue weighted by Crippen LogP contribution is 2.08. The molecular weight excluding hydrogens is 182 g/mol. The van der Waals surface area contributed by atoms with Crippen LogP contribution in [0, 0.1) is 0 Å². The second-order valence-corrected chi connectivity index (χ2v) is 3.89. The maximum Gasteiger partial charge on any atom is 0.342 e. The van der Waals surface area contributed by atoms with Gasteiger partial charge < -0.3 is 9.74 Å². The van der Waals surface area contributed by atoms with Crippen LogP contribution < -0.4 is 5.59 Å². The molecule has 0 amide bonds. The van der Waals surface area contributed by atoms with Crippen LogP contribution in [0.3, 0.4) is 0 Å². The van der Waals surface area contributed by atoms with Crippen molar-refractivity contribution in [3.63, 3.8) is 0 Å². The molecule has 0 radical (unpaired) electrons. The molecule has 0 spiro atoms. The molecule has 2 rings (SSSR count). The standard InChI is InChI=1S/C9H17N3O2/c13-9-8-12(10-14-9)7-6-11-4-2-1-3-5-11/h10H,1-8H2. The van der Waals surface area contributed by atoms with Gasteiger partial charge in [0.25, 0.3) is 0 Å². The normalized spacial score (nSPS) is 25.3. The van der Waals surface area contributed by atoms with Crippen molar-refractivity contribution in [3.8, 4) is 0 Å². The highest BCUT2D eigenvalue weighted by atomic mass is 16.7. The predicted octanol–water partition coefficient (Wildman–Crippen LogP) is -0.249. The van der Waals surface area contributed by atoms with E-state index in [1.807, 2.05) is 5.01 Å². The maximum atomic E-state index is 10.8. The van der Waals surface area contributed by atoms with Gasteiger partial charge in [-0.05, 0) is 25.9 Å². The van der Waals surface area contributed by atoms with E-state index >= 15 is 0 Å². The minimum Gasteiger partial charge on any atom is -0.354 e. The van der Waals surface area contributed by atoms with E-state index in [4.69, 9.17) is 0 Å². The molecule has 2 heterocycles. The number of hydrazine groups is 1. The van der Waals surface area contributed by atoms with Crippen LogP contribution in [0.15, 0.2) is 0 Å². The fourth-order valence-corrected chi connectivity index (χ4v) is 1.91. The summed E-state index contributed by atoms with van der Waals surface area (Å²) in [5.74, 6) is -0.191. The number of nitrogens with one attached hydrogen (secondary N) is 1. The third-order valence-corrected chi connectivity index (χ3v) is 2.74. The van der Waals surface area contributed by atoms with Gasteiger partial charge in [0.1, 0.15) is 6.54 Å². The molecule has 0 atom stereocenters. The molecule has 2 fully saturated rings. The van der Waals surface area contributed by atoms with Gasteiger partial charge in [-0.25, -0.2) is 4.79 Å². The van der Waals surface area contributed by atoms with Gasteiger partial charge in [0.15, 0.2) is 0 Å². The van der Waals surface area contributed by atoms with Crippen molar-refractivity contribution < 1.29 is 9.63 Å². The molecule has 14 heavy (non-hydrogen) atoms. The number of nitrogens with zero attached hydrogens (tertiary/aromatic N) is 2. The number of piperidine rings is 1. The van der Waals surface area contributed by atoms with Gasteiger partial charge in [-0.3, -0.25) is 0 Å². The van der Waals surface area contributed by atoms with E-state index in [1.54, 1.807) is 0 Å². The van der Waals surface area contributed by atoms with Crippen molar-refractivity contribution in [3.05, 3.63) is 0 Å². The van der Waals surface area contributed by atoms with Crippen molar-refractivity contribution in [2.75, 3.05) is 32.7 Å². The van der Waals surface area contributed by atoms with Crippen LogP contribution >= 0.6 is 0 Å². The zero-order chi connectivity index (χ0) is 9.80. The number of hydrogen-bond donors (Lipinski definition) is 1. The average molecular weight is 199 g/mol. The lowest BCUT2D eigenvalue weighted by Crippen LogP contribution is -2.40. The minimum atomic E-state index is -0.191. The van der Waals surface area contributed by atoms with Crippen LogP contribution in [0.1, 0.15) is 19.3 Å². The van der Waals surface area contributed by atoms with E-state index in [9.17, 15) is 4.79 Å². The molecule has 2 aliphatic rings. The maximum absolute atomic E-state index is 10.8. The smallest absolute Gasteiger partial charge is 0.342 e. The average Bonchev–Trinajstić information content (AvgIpc) is 2.63. The molecule has 0 bridgehead atoms. The van der Waals surface area contributed by atoms with E-state index in [-0.39, 0.29) is 5.97 Å². The molecule has 5 heteroatoms. The molecule has 0 aromatic heterocycles. The number of hydrogen-bond acceptors (Lipinski definition) is 5. The Bertz CT molecular complexity index is 204. The van der Waals surface area contributed by atoms with E-state index in [0.717, 1.165) is 13.1 Å². The van der Waals surface area contributed by atoms with Gasteiger partial charge in [-0.2, -0.15) is 5.01 Å².